The van der Waals surface area contributed by atoms with Crippen LogP contribution in [0.1, 0.15) is 6.92 Å². The van der Waals surface area contributed by atoms with Gasteiger partial charge in [-0.05, 0) is 0 Å². The maximum absolute atomic E-state index is 11.5. The maximum atomic E-state index is 11.5. The predicted molar refractivity (Wildman–Crippen MR) is 56.7 cm³/mol. The van der Waals surface area contributed by atoms with Crippen LogP contribution >= 0.6 is 0 Å². The quantitative estimate of drug-likeness (QED) is 0.579. The lowest BCUT2D eigenvalue weighted by atomic mass is 9.87. The van der Waals surface area contributed by atoms with Gasteiger partial charge in [0.15, 0.2) is 0 Å². The number of nitrogens with two attached hydrogens (primary N) is 1. The van der Waals surface area contributed by atoms with Gasteiger partial charge in [0.25, 0.3) is 0 Å². The Balaban J connectivity index is 2.20. The van der Waals surface area contributed by atoms with Crippen LogP contribution in [0.4, 0.5) is 0 Å². The molecule has 16 heavy (non-hydrogen) atoms. The third-order valence-corrected chi connectivity index (χ3v) is 2.85. The first-order valence-electron chi connectivity index (χ1n) is 5.34. The first kappa shape index (κ1) is 12.9. The van der Waals surface area contributed by atoms with Crippen molar-refractivity contribution in [2.75, 3.05) is 32.8 Å². The van der Waals surface area contributed by atoms with Crippen LogP contribution in [0.25, 0.3) is 0 Å². The van der Waals surface area contributed by atoms with Crippen molar-refractivity contribution < 1.29 is 19.4 Å². The van der Waals surface area contributed by atoms with E-state index >= 15 is 0 Å². The molecule has 3 N–H and O–H groups in total. The number of carbonyl (C=O) groups is 2. The highest BCUT2D eigenvalue weighted by Crippen LogP contribution is 2.23. The summed E-state index contributed by atoms with van der Waals surface area (Å²) in [5.41, 5.74) is 5.22. The summed E-state index contributed by atoms with van der Waals surface area (Å²) in [7, 11) is 0. The van der Waals surface area contributed by atoms with Gasteiger partial charge in [-0.15, -0.1) is 0 Å². The van der Waals surface area contributed by atoms with Gasteiger partial charge in [-0.3, -0.25) is 9.59 Å². The molecule has 1 fully saturated rings. The maximum Gasteiger partial charge on any atom is 0.306 e. The highest BCUT2D eigenvalue weighted by atomic mass is 16.5. The van der Waals surface area contributed by atoms with Crippen molar-refractivity contribution in [3.63, 3.8) is 0 Å². The van der Waals surface area contributed by atoms with Gasteiger partial charge in [-0.1, -0.05) is 6.92 Å². The largest absolute Gasteiger partial charge is 0.481 e. The number of hydrogen-bond acceptors (Lipinski definition) is 4. The summed E-state index contributed by atoms with van der Waals surface area (Å²) < 4.78 is 5.01. The molecule has 92 valence electrons. The van der Waals surface area contributed by atoms with E-state index in [-0.39, 0.29) is 18.4 Å². The Kier molecular flexibility index (Phi) is 4.70. The second kappa shape index (κ2) is 5.81. The van der Waals surface area contributed by atoms with Crippen molar-refractivity contribution in [2.24, 2.45) is 17.6 Å². The number of amides is 1. The molecule has 1 unspecified atom stereocenters. The van der Waals surface area contributed by atoms with Crippen LogP contribution in [-0.4, -0.2) is 54.7 Å². The second-order valence-electron chi connectivity index (χ2n) is 4.03. The molecular weight excluding hydrogens is 212 g/mol. The fourth-order valence-electron chi connectivity index (χ4n) is 1.57. The van der Waals surface area contributed by atoms with Crippen LogP contribution in [-0.2, 0) is 14.3 Å². The predicted octanol–water partition coefficient (Wildman–Crippen LogP) is -0.859. The van der Waals surface area contributed by atoms with E-state index in [0.29, 0.717) is 26.2 Å². The van der Waals surface area contributed by atoms with Crippen LogP contribution in [0.5, 0.6) is 0 Å². The smallest absolute Gasteiger partial charge is 0.306 e. The number of rotatable bonds is 6. The molecule has 0 bridgehead atoms. The molecule has 1 aliphatic rings. The zero-order valence-electron chi connectivity index (χ0n) is 9.39. The summed E-state index contributed by atoms with van der Waals surface area (Å²) in [6.45, 7) is 3.49. The normalized spacial score (nSPS) is 18.0. The molecule has 1 amide bonds. The van der Waals surface area contributed by atoms with Gasteiger partial charge in [0.1, 0.15) is 6.61 Å². The zero-order valence-corrected chi connectivity index (χ0v) is 9.39. The van der Waals surface area contributed by atoms with Gasteiger partial charge in [0, 0.05) is 25.6 Å². The summed E-state index contributed by atoms with van der Waals surface area (Å²) in [5.74, 6) is -1.23. The Morgan fingerprint density at radius 2 is 2.19 bits per heavy atom. The fraction of sp³-hybridized carbons (Fsp3) is 0.800. The zero-order chi connectivity index (χ0) is 12.1. The Morgan fingerprint density at radius 3 is 2.69 bits per heavy atom. The molecule has 1 rings (SSSR count). The van der Waals surface area contributed by atoms with Gasteiger partial charge in [-0.2, -0.15) is 0 Å². The highest BCUT2D eigenvalue weighted by Gasteiger charge is 2.36. The monoisotopic (exact) mass is 230 g/mol. The number of carboxylic acid groups (broad SMARTS) is 1. The number of aliphatic carboxylic acids is 1. The number of carbonyl (C=O) groups excluding carboxylic acids is 1. The highest BCUT2D eigenvalue weighted by molar-refractivity contribution is 5.79. The minimum Gasteiger partial charge on any atom is -0.481 e. The summed E-state index contributed by atoms with van der Waals surface area (Å²) in [4.78, 5) is 23.7. The van der Waals surface area contributed by atoms with Crippen LogP contribution in [0.2, 0.25) is 0 Å². The Morgan fingerprint density at radius 1 is 1.56 bits per heavy atom. The summed E-state index contributed by atoms with van der Waals surface area (Å²) in [6.07, 6.45) is 0. The Hall–Kier alpha value is -1.14. The van der Waals surface area contributed by atoms with E-state index in [9.17, 15) is 9.59 Å². The SMILES string of the molecule is CC(C(=O)O)C1CN(C(=O)COCCN)C1. The van der Waals surface area contributed by atoms with Gasteiger partial charge < -0.3 is 20.5 Å². The van der Waals surface area contributed by atoms with Crippen LogP contribution in [0.3, 0.4) is 0 Å². The van der Waals surface area contributed by atoms with Gasteiger partial charge >= 0.3 is 5.97 Å². The van der Waals surface area contributed by atoms with E-state index in [1.807, 2.05) is 0 Å². The number of ether oxygens (including phenoxy) is 1. The third-order valence-electron chi connectivity index (χ3n) is 2.85. The van der Waals surface area contributed by atoms with Crippen LogP contribution in [0, 0.1) is 11.8 Å². The lowest BCUT2D eigenvalue weighted by Gasteiger charge is -2.41. The molecule has 0 aromatic carbocycles. The molecule has 1 heterocycles. The molecule has 0 spiro atoms. The average Bonchev–Trinajstić information content (AvgIpc) is 2.15. The van der Waals surface area contributed by atoms with Crippen LogP contribution < -0.4 is 5.73 Å². The molecule has 1 saturated heterocycles. The van der Waals surface area contributed by atoms with Crippen molar-refractivity contribution in [3.8, 4) is 0 Å². The van der Waals surface area contributed by atoms with E-state index in [1.54, 1.807) is 11.8 Å². The van der Waals surface area contributed by atoms with E-state index in [0.717, 1.165) is 0 Å². The average molecular weight is 230 g/mol. The van der Waals surface area contributed by atoms with Gasteiger partial charge in [0.2, 0.25) is 5.91 Å². The van der Waals surface area contributed by atoms with E-state index in [1.165, 1.54) is 0 Å². The van der Waals surface area contributed by atoms with Crippen molar-refractivity contribution in [3.05, 3.63) is 0 Å². The first-order chi connectivity index (χ1) is 7.56. The van der Waals surface area contributed by atoms with Crippen molar-refractivity contribution >= 4 is 11.9 Å². The standard InChI is InChI=1S/C10H18N2O4/c1-7(10(14)15)8-4-12(5-8)9(13)6-16-3-2-11/h7-8H,2-6,11H2,1H3,(H,14,15). The van der Waals surface area contributed by atoms with E-state index in [2.05, 4.69) is 0 Å². The summed E-state index contributed by atoms with van der Waals surface area (Å²) in [6, 6.07) is 0. The van der Waals surface area contributed by atoms with Gasteiger partial charge in [0.05, 0.1) is 12.5 Å². The topological polar surface area (TPSA) is 92.9 Å². The molecule has 1 aliphatic heterocycles. The molecule has 0 radical (unpaired) electrons. The molecule has 0 aliphatic carbocycles. The summed E-state index contributed by atoms with van der Waals surface area (Å²) >= 11 is 0. The molecular formula is C10H18N2O4. The van der Waals surface area contributed by atoms with E-state index in [4.69, 9.17) is 15.6 Å². The molecule has 1 atom stereocenters. The number of hydrogen-bond donors (Lipinski definition) is 2. The lowest BCUT2D eigenvalue weighted by molar-refractivity contribution is -0.152. The Bertz CT molecular complexity index is 264. The van der Waals surface area contributed by atoms with Crippen molar-refractivity contribution in [2.45, 2.75) is 6.92 Å². The molecule has 6 nitrogen and oxygen atoms in total. The summed E-state index contributed by atoms with van der Waals surface area (Å²) in [5, 5.41) is 8.77. The van der Waals surface area contributed by atoms with Crippen molar-refractivity contribution in [1.82, 2.24) is 4.90 Å². The van der Waals surface area contributed by atoms with Crippen LogP contribution in [0.15, 0.2) is 0 Å². The number of carboxylic acids is 1. The minimum atomic E-state index is -0.809. The number of nitrogens with zero attached hydrogens (tertiary/aromatic N) is 1. The molecule has 6 heteroatoms. The number of likely N-dealkylation sites (tertiary alicyclic amines) is 1. The van der Waals surface area contributed by atoms with Crippen molar-refractivity contribution in [1.29, 1.82) is 0 Å². The third kappa shape index (κ3) is 3.18. The first-order valence-corrected chi connectivity index (χ1v) is 5.34. The molecule has 0 saturated carbocycles. The fourth-order valence-corrected chi connectivity index (χ4v) is 1.57. The molecule has 0 aromatic heterocycles. The Labute approximate surface area is 94.3 Å². The van der Waals surface area contributed by atoms with E-state index < -0.39 is 11.9 Å². The second-order valence-corrected chi connectivity index (χ2v) is 4.03. The molecule has 0 aromatic rings. The van der Waals surface area contributed by atoms with Gasteiger partial charge in [-0.25, -0.2) is 0 Å². The minimum absolute atomic E-state index is 0.0331. The lowest BCUT2D eigenvalue weighted by Crippen LogP contribution is -2.54.